The summed E-state index contributed by atoms with van der Waals surface area (Å²) in [5, 5.41) is 2.86. The van der Waals surface area contributed by atoms with Crippen LogP contribution in [0, 0.1) is 0 Å². The molecule has 2 aromatic carbocycles. The number of Topliss-reactive ketones (excluding diaryl/α,β-unsaturated/α-hetero) is 1. The zero-order valence-electron chi connectivity index (χ0n) is 19.0. The number of benzene rings is 2. The maximum atomic E-state index is 13.0. The van der Waals surface area contributed by atoms with Gasteiger partial charge in [0.25, 0.3) is 0 Å². The third kappa shape index (κ3) is 5.43. The number of hydrogen-bond donors (Lipinski definition) is 1. The molecule has 32 heavy (non-hydrogen) atoms. The first-order valence-corrected chi connectivity index (χ1v) is 12.3. The Morgan fingerprint density at radius 3 is 1.94 bits per heavy atom. The Morgan fingerprint density at radius 2 is 1.44 bits per heavy atom. The molecule has 0 saturated carbocycles. The molecule has 0 aliphatic carbocycles. The fourth-order valence-corrected chi connectivity index (χ4v) is 5.13. The number of ketones is 1. The van der Waals surface area contributed by atoms with Crippen LogP contribution in [-0.4, -0.2) is 61.5 Å². The summed E-state index contributed by atoms with van der Waals surface area (Å²) in [6.45, 7) is 9.06. The molecule has 0 spiro atoms. The van der Waals surface area contributed by atoms with Crippen molar-refractivity contribution in [2.24, 2.45) is 0 Å². The van der Waals surface area contributed by atoms with Gasteiger partial charge in [-0.15, -0.1) is 0 Å². The third-order valence-corrected chi connectivity index (χ3v) is 7.86. The summed E-state index contributed by atoms with van der Waals surface area (Å²) in [6, 6.07) is 13.4. The van der Waals surface area contributed by atoms with Crippen LogP contribution in [-0.2, 0) is 14.8 Å². The number of hydrogen-bond acceptors (Lipinski definition) is 5. The van der Waals surface area contributed by atoms with Gasteiger partial charge in [0.15, 0.2) is 5.78 Å². The molecule has 0 aromatic heterocycles. The molecule has 8 heteroatoms. The van der Waals surface area contributed by atoms with Crippen LogP contribution in [0.2, 0.25) is 0 Å². The van der Waals surface area contributed by atoms with E-state index in [1.54, 1.807) is 36.4 Å². The average Bonchev–Trinajstić information content (AvgIpc) is 2.79. The van der Waals surface area contributed by atoms with E-state index in [4.69, 9.17) is 0 Å². The van der Waals surface area contributed by atoms with E-state index in [9.17, 15) is 18.0 Å². The molecule has 1 aliphatic rings. The monoisotopic (exact) mass is 457 g/mol. The van der Waals surface area contributed by atoms with E-state index in [1.807, 2.05) is 24.0 Å². The Balaban J connectivity index is 1.58. The van der Waals surface area contributed by atoms with Gasteiger partial charge < -0.3 is 5.32 Å². The first-order chi connectivity index (χ1) is 15.1. The maximum absolute atomic E-state index is 13.0. The second kappa shape index (κ2) is 9.94. The molecule has 1 aliphatic heterocycles. The largest absolute Gasteiger partial charge is 0.325 e. The van der Waals surface area contributed by atoms with E-state index in [0.29, 0.717) is 48.2 Å². The summed E-state index contributed by atoms with van der Waals surface area (Å²) in [6.07, 6.45) is 0. The van der Waals surface area contributed by atoms with Gasteiger partial charge in [-0.1, -0.05) is 26.0 Å². The van der Waals surface area contributed by atoms with Crippen molar-refractivity contribution in [1.29, 1.82) is 0 Å². The van der Waals surface area contributed by atoms with Crippen molar-refractivity contribution in [1.82, 2.24) is 9.21 Å². The van der Waals surface area contributed by atoms with Crippen LogP contribution < -0.4 is 5.32 Å². The molecule has 3 rings (SSSR count). The minimum absolute atomic E-state index is 0.0278. The minimum atomic E-state index is -3.55. The van der Waals surface area contributed by atoms with Crippen LogP contribution in [0.1, 0.15) is 49.5 Å². The van der Waals surface area contributed by atoms with Gasteiger partial charge >= 0.3 is 0 Å². The normalized spacial score (nSPS) is 16.7. The Hall–Kier alpha value is -2.55. The van der Waals surface area contributed by atoms with Crippen molar-refractivity contribution >= 4 is 27.4 Å². The second-order valence-electron chi connectivity index (χ2n) is 8.46. The van der Waals surface area contributed by atoms with E-state index in [0.717, 1.165) is 5.56 Å². The lowest BCUT2D eigenvalue weighted by Crippen LogP contribution is -2.53. The number of nitrogens with zero attached hydrogens (tertiary/aromatic N) is 2. The van der Waals surface area contributed by atoms with Crippen LogP contribution >= 0.6 is 0 Å². The third-order valence-electron chi connectivity index (χ3n) is 5.94. The smallest absolute Gasteiger partial charge is 0.243 e. The lowest BCUT2D eigenvalue weighted by atomic mass is 10.0. The number of nitrogens with one attached hydrogen (secondary N) is 1. The lowest BCUT2D eigenvalue weighted by Gasteiger charge is -2.36. The van der Waals surface area contributed by atoms with Gasteiger partial charge in [0.2, 0.25) is 15.9 Å². The van der Waals surface area contributed by atoms with E-state index < -0.39 is 16.1 Å². The topological polar surface area (TPSA) is 86.8 Å². The van der Waals surface area contributed by atoms with Crippen molar-refractivity contribution in [3.05, 3.63) is 59.7 Å². The van der Waals surface area contributed by atoms with Crippen molar-refractivity contribution in [3.8, 4) is 0 Å². The predicted molar refractivity (Wildman–Crippen MR) is 125 cm³/mol. The molecule has 1 fully saturated rings. The fraction of sp³-hybridized carbons (Fsp3) is 0.417. The van der Waals surface area contributed by atoms with E-state index in [-0.39, 0.29) is 11.7 Å². The molecule has 0 unspecified atom stereocenters. The van der Waals surface area contributed by atoms with E-state index in [1.165, 1.54) is 11.2 Å². The summed E-state index contributed by atoms with van der Waals surface area (Å²) in [5.41, 5.74) is 2.31. The summed E-state index contributed by atoms with van der Waals surface area (Å²) < 4.78 is 27.5. The molecule has 0 bridgehead atoms. The van der Waals surface area contributed by atoms with Gasteiger partial charge in [-0.05, 0) is 61.7 Å². The van der Waals surface area contributed by atoms with Crippen LogP contribution in [0.5, 0.6) is 0 Å². The van der Waals surface area contributed by atoms with Crippen LogP contribution in [0.4, 0.5) is 5.69 Å². The molecule has 2 aromatic rings. The number of rotatable bonds is 7. The van der Waals surface area contributed by atoms with Gasteiger partial charge in [-0.3, -0.25) is 14.5 Å². The molecule has 1 amide bonds. The highest BCUT2D eigenvalue weighted by Crippen LogP contribution is 2.22. The molecule has 172 valence electrons. The number of carbonyl (C=O) groups excluding carboxylic acids is 2. The number of amides is 1. The lowest BCUT2D eigenvalue weighted by molar-refractivity contribution is -0.121. The Kier molecular flexibility index (Phi) is 7.48. The van der Waals surface area contributed by atoms with Crippen LogP contribution in [0.25, 0.3) is 0 Å². The van der Waals surface area contributed by atoms with Crippen molar-refractivity contribution in [3.63, 3.8) is 0 Å². The van der Waals surface area contributed by atoms with Crippen LogP contribution in [0.15, 0.2) is 53.4 Å². The van der Waals surface area contributed by atoms with Gasteiger partial charge in [-0.2, -0.15) is 4.31 Å². The summed E-state index contributed by atoms with van der Waals surface area (Å²) in [4.78, 5) is 26.3. The predicted octanol–water partition coefficient (Wildman–Crippen LogP) is 3.35. The number of sulfonamides is 1. The number of carbonyl (C=O) groups is 2. The van der Waals surface area contributed by atoms with Crippen molar-refractivity contribution in [2.45, 2.75) is 44.6 Å². The van der Waals surface area contributed by atoms with E-state index >= 15 is 0 Å². The Morgan fingerprint density at radius 1 is 0.875 bits per heavy atom. The molecule has 0 radical (unpaired) electrons. The maximum Gasteiger partial charge on any atom is 0.243 e. The van der Waals surface area contributed by atoms with E-state index in [2.05, 4.69) is 19.2 Å². The zero-order valence-corrected chi connectivity index (χ0v) is 19.9. The second-order valence-corrected chi connectivity index (χ2v) is 10.4. The highest BCUT2D eigenvalue weighted by molar-refractivity contribution is 7.89. The molecule has 1 N–H and O–H groups in total. The molecular formula is C24H31N3O4S. The molecular weight excluding hydrogens is 426 g/mol. The average molecular weight is 458 g/mol. The molecule has 1 atom stereocenters. The Bertz CT molecular complexity index is 1060. The van der Waals surface area contributed by atoms with Crippen molar-refractivity contribution in [2.75, 3.05) is 31.5 Å². The van der Waals surface area contributed by atoms with Gasteiger partial charge in [0, 0.05) is 37.4 Å². The fourth-order valence-electron chi connectivity index (χ4n) is 3.71. The van der Waals surface area contributed by atoms with Crippen LogP contribution in [0.3, 0.4) is 0 Å². The number of piperazine rings is 1. The van der Waals surface area contributed by atoms with Gasteiger partial charge in [0.1, 0.15) is 0 Å². The highest BCUT2D eigenvalue weighted by Gasteiger charge is 2.31. The highest BCUT2D eigenvalue weighted by atomic mass is 32.2. The Labute approximate surface area is 190 Å². The summed E-state index contributed by atoms with van der Waals surface area (Å²) in [5.74, 6) is 0.149. The number of anilines is 1. The molecule has 1 saturated heterocycles. The molecule has 7 nitrogen and oxygen atoms in total. The molecule has 1 heterocycles. The summed E-state index contributed by atoms with van der Waals surface area (Å²) in [7, 11) is -3.55. The van der Waals surface area contributed by atoms with Gasteiger partial charge in [-0.25, -0.2) is 8.42 Å². The summed E-state index contributed by atoms with van der Waals surface area (Å²) >= 11 is 0. The van der Waals surface area contributed by atoms with Gasteiger partial charge in [0.05, 0.1) is 10.9 Å². The first-order valence-electron chi connectivity index (χ1n) is 10.9. The van der Waals surface area contributed by atoms with Crippen molar-refractivity contribution < 1.29 is 18.0 Å². The standard InChI is InChI=1S/C24H31N3O4S/c1-17(2)20-7-11-23(12-8-20)32(30,31)27-15-13-26(14-16-27)18(3)24(29)25-22-9-5-21(6-10-22)19(4)28/h5-12,17-18H,13-16H2,1-4H3,(H,25,29)/t18-/m0/s1. The first kappa shape index (κ1) is 24.1. The zero-order chi connectivity index (χ0) is 23.5. The SMILES string of the molecule is CC(=O)c1ccc(NC(=O)[C@H](C)N2CCN(S(=O)(=O)c3ccc(C(C)C)cc3)CC2)cc1. The quantitative estimate of drug-likeness (QED) is 0.645. The minimum Gasteiger partial charge on any atom is -0.325 e.